The molecule has 0 aromatic heterocycles. The summed E-state index contributed by atoms with van der Waals surface area (Å²) in [6, 6.07) is 0. The molecule has 0 aromatic rings. The first-order chi connectivity index (χ1) is 3.27. The molecular formula is C5H16N2+2. The molecule has 0 aromatic carbocycles. The molecule has 0 unspecified atom stereocenters. The fourth-order valence-electron chi connectivity index (χ4n) is 0.479. The van der Waals surface area contributed by atoms with E-state index in [2.05, 4.69) is 19.8 Å². The fraction of sp³-hybridized carbons (Fsp3) is 1.00. The SMILES string of the molecule is C[NH+](C)CCC[NH3+]. The highest BCUT2D eigenvalue weighted by atomic mass is 15.0. The van der Waals surface area contributed by atoms with Crippen molar-refractivity contribution in [2.24, 2.45) is 0 Å². The van der Waals surface area contributed by atoms with Crippen LogP contribution in [0.25, 0.3) is 0 Å². The standard InChI is InChI=1S/C5H14N2/c1-7(2)5-3-4-6/h3-6H2,1-2H3/p+2. The lowest BCUT2D eigenvalue weighted by atomic mass is 10.4. The Kier molecular flexibility index (Phi) is 4.04. The summed E-state index contributed by atoms with van der Waals surface area (Å²) < 4.78 is 0. The predicted molar refractivity (Wildman–Crippen MR) is 30.0 cm³/mol. The van der Waals surface area contributed by atoms with Crippen LogP contribution in [-0.2, 0) is 0 Å². The van der Waals surface area contributed by atoms with Crippen LogP contribution in [0.3, 0.4) is 0 Å². The summed E-state index contributed by atoms with van der Waals surface area (Å²) in [7, 11) is 4.32. The Morgan fingerprint density at radius 3 is 2.14 bits per heavy atom. The summed E-state index contributed by atoms with van der Waals surface area (Å²) in [6.07, 6.45) is 1.25. The van der Waals surface area contributed by atoms with Crippen molar-refractivity contribution >= 4 is 0 Å². The average Bonchev–Trinajstić information content (AvgIpc) is 1.61. The van der Waals surface area contributed by atoms with Crippen molar-refractivity contribution in [2.45, 2.75) is 6.42 Å². The first-order valence-corrected chi connectivity index (χ1v) is 2.85. The van der Waals surface area contributed by atoms with E-state index < -0.39 is 0 Å². The van der Waals surface area contributed by atoms with Crippen LogP contribution in [0.15, 0.2) is 0 Å². The Labute approximate surface area is 45.3 Å². The van der Waals surface area contributed by atoms with Crippen LogP contribution in [0, 0.1) is 0 Å². The highest BCUT2D eigenvalue weighted by Crippen LogP contribution is 1.56. The van der Waals surface area contributed by atoms with E-state index in [1.54, 1.807) is 0 Å². The van der Waals surface area contributed by atoms with Crippen LogP contribution in [0.4, 0.5) is 0 Å². The van der Waals surface area contributed by atoms with E-state index in [-0.39, 0.29) is 0 Å². The highest BCUT2D eigenvalue weighted by molar-refractivity contribution is 4.22. The van der Waals surface area contributed by atoms with Crippen LogP contribution in [-0.4, -0.2) is 27.2 Å². The molecule has 0 fully saturated rings. The number of rotatable bonds is 3. The third-order valence-electron chi connectivity index (χ3n) is 0.927. The van der Waals surface area contributed by atoms with Crippen LogP contribution >= 0.6 is 0 Å². The van der Waals surface area contributed by atoms with Gasteiger partial charge in [0.05, 0.1) is 27.2 Å². The third kappa shape index (κ3) is 5.92. The second-order valence-corrected chi connectivity index (χ2v) is 2.16. The van der Waals surface area contributed by atoms with E-state index >= 15 is 0 Å². The molecule has 0 radical (unpaired) electrons. The highest BCUT2D eigenvalue weighted by Gasteiger charge is 1.89. The number of nitrogens with one attached hydrogen (secondary N) is 1. The molecule has 0 heterocycles. The van der Waals surface area contributed by atoms with Gasteiger partial charge in [0.15, 0.2) is 0 Å². The fourth-order valence-corrected chi connectivity index (χ4v) is 0.479. The molecule has 0 bridgehead atoms. The Morgan fingerprint density at radius 2 is 2.00 bits per heavy atom. The summed E-state index contributed by atoms with van der Waals surface area (Å²) in [6.45, 7) is 2.33. The van der Waals surface area contributed by atoms with Crippen LogP contribution in [0.5, 0.6) is 0 Å². The van der Waals surface area contributed by atoms with Gasteiger partial charge in [0.2, 0.25) is 0 Å². The van der Waals surface area contributed by atoms with Gasteiger partial charge in [-0.3, -0.25) is 0 Å². The van der Waals surface area contributed by atoms with Crippen molar-refractivity contribution in [1.82, 2.24) is 0 Å². The molecular weight excluding hydrogens is 88.1 g/mol. The van der Waals surface area contributed by atoms with Crippen LogP contribution < -0.4 is 10.6 Å². The van der Waals surface area contributed by atoms with Gasteiger partial charge in [-0.1, -0.05) is 0 Å². The molecule has 0 aliphatic heterocycles. The molecule has 0 rings (SSSR count). The summed E-state index contributed by atoms with van der Waals surface area (Å²) in [4.78, 5) is 1.52. The molecule has 7 heavy (non-hydrogen) atoms. The van der Waals surface area contributed by atoms with Crippen molar-refractivity contribution in [3.63, 3.8) is 0 Å². The molecule has 0 saturated heterocycles. The van der Waals surface area contributed by atoms with E-state index in [0.29, 0.717) is 0 Å². The number of hydrogen-bond donors (Lipinski definition) is 2. The lowest BCUT2D eigenvalue weighted by Crippen LogP contribution is -3.05. The zero-order valence-electron chi connectivity index (χ0n) is 5.33. The van der Waals surface area contributed by atoms with Gasteiger partial charge in [-0.2, -0.15) is 0 Å². The van der Waals surface area contributed by atoms with E-state index in [9.17, 15) is 0 Å². The molecule has 0 aliphatic carbocycles. The van der Waals surface area contributed by atoms with Crippen molar-refractivity contribution in [3.8, 4) is 0 Å². The van der Waals surface area contributed by atoms with Crippen LogP contribution in [0.2, 0.25) is 0 Å². The largest absolute Gasteiger partial charge is 0.357 e. The second-order valence-electron chi connectivity index (χ2n) is 2.16. The third-order valence-corrected chi connectivity index (χ3v) is 0.927. The van der Waals surface area contributed by atoms with Crippen LogP contribution in [0.1, 0.15) is 6.42 Å². The number of quaternary nitrogens is 2. The molecule has 44 valence electrons. The Morgan fingerprint density at radius 1 is 1.43 bits per heavy atom. The van der Waals surface area contributed by atoms with E-state index in [1.165, 1.54) is 17.9 Å². The molecule has 0 amide bonds. The van der Waals surface area contributed by atoms with Gasteiger partial charge >= 0.3 is 0 Å². The molecule has 0 spiro atoms. The smallest absolute Gasteiger partial charge is 0.0821 e. The maximum Gasteiger partial charge on any atom is 0.0821 e. The van der Waals surface area contributed by atoms with Crippen molar-refractivity contribution in [2.75, 3.05) is 27.2 Å². The summed E-state index contributed by atoms with van der Waals surface area (Å²) in [5, 5.41) is 0. The monoisotopic (exact) mass is 104 g/mol. The van der Waals surface area contributed by atoms with Crippen molar-refractivity contribution in [3.05, 3.63) is 0 Å². The molecule has 0 saturated carbocycles. The average molecular weight is 104 g/mol. The van der Waals surface area contributed by atoms with Gasteiger partial charge in [-0.15, -0.1) is 0 Å². The quantitative estimate of drug-likeness (QED) is 0.406. The maximum absolute atomic E-state index is 3.74. The lowest BCUT2D eigenvalue weighted by Gasteiger charge is -2.02. The van der Waals surface area contributed by atoms with E-state index in [4.69, 9.17) is 0 Å². The van der Waals surface area contributed by atoms with Gasteiger partial charge < -0.3 is 10.6 Å². The second kappa shape index (κ2) is 4.09. The minimum absolute atomic E-state index is 1.07. The van der Waals surface area contributed by atoms with Crippen molar-refractivity contribution in [1.29, 1.82) is 0 Å². The molecule has 2 nitrogen and oxygen atoms in total. The summed E-state index contributed by atoms with van der Waals surface area (Å²) >= 11 is 0. The topological polar surface area (TPSA) is 32.1 Å². The lowest BCUT2D eigenvalue weighted by molar-refractivity contribution is -0.859. The van der Waals surface area contributed by atoms with E-state index in [1.807, 2.05) is 0 Å². The first-order valence-electron chi connectivity index (χ1n) is 2.85. The van der Waals surface area contributed by atoms with Gasteiger partial charge in [0.25, 0.3) is 0 Å². The van der Waals surface area contributed by atoms with E-state index in [0.717, 1.165) is 6.54 Å². The first kappa shape index (κ1) is 6.92. The van der Waals surface area contributed by atoms with Gasteiger partial charge in [-0.05, 0) is 0 Å². The molecule has 4 N–H and O–H groups in total. The molecule has 2 heteroatoms. The Bertz CT molecular complexity index is 35.1. The summed E-state index contributed by atoms with van der Waals surface area (Å²) in [5.74, 6) is 0. The molecule has 0 atom stereocenters. The Hall–Kier alpha value is -0.0800. The number of hydrogen-bond acceptors (Lipinski definition) is 0. The molecule has 0 aliphatic rings. The van der Waals surface area contributed by atoms with Crippen molar-refractivity contribution < 1.29 is 10.6 Å². The normalized spacial score (nSPS) is 10.3. The zero-order chi connectivity index (χ0) is 5.70. The maximum atomic E-state index is 3.74. The van der Waals surface area contributed by atoms with Gasteiger partial charge in [0, 0.05) is 6.42 Å². The minimum Gasteiger partial charge on any atom is -0.357 e. The predicted octanol–water partition coefficient (Wildman–Crippen LogP) is -2.24. The summed E-state index contributed by atoms with van der Waals surface area (Å²) in [5.41, 5.74) is 3.74. The minimum atomic E-state index is 1.07. The zero-order valence-corrected chi connectivity index (χ0v) is 5.33. The van der Waals surface area contributed by atoms with Gasteiger partial charge in [-0.25, -0.2) is 0 Å². The van der Waals surface area contributed by atoms with Gasteiger partial charge in [0.1, 0.15) is 0 Å². The Balaban J connectivity index is 2.68.